The van der Waals surface area contributed by atoms with Gasteiger partial charge in [-0.1, -0.05) is 146 Å². The van der Waals surface area contributed by atoms with Crippen molar-refractivity contribution in [3.8, 4) is 0 Å². The Morgan fingerprint density at radius 3 is 1.06 bits per heavy atom. The van der Waals surface area contributed by atoms with Crippen LogP contribution in [-0.4, -0.2) is 175 Å². The van der Waals surface area contributed by atoms with Crippen molar-refractivity contribution in [2.45, 2.75) is 107 Å². The van der Waals surface area contributed by atoms with Gasteiger partial charge in [0.15, 0.2) is 55.5 Å². The molecule has 26 heteroatoms. The number of ether oxygens (including phenoxy) is 13. The molecule has 8 aromatic carbocycles. The van der Waals surface area contributed by atoms with Gasteiger partial charge in [-0.2, -0.15) is 0 Å². The molecule has 1 heterocycles. The number of aliphatic hydroxyl groups excluding tert-OH is 2. The van der Waals surface area contributed by atoms with Crippen LogP contribution in [0, 0.1) is 0 Å². The van der Waals surface area contributed by atoms with Crippen molar-refractivity contribution < 1.29 is 125 Å². The van der Waals surface area contributed by atoms with Gasteiger partial charge in [0.1, 0.15) is 31.0 Å². The monoisotopic (exact) mass is 1420 g/mol. The fourth-order valence-electron chi connectivity index (χ4n) is 10.7. The highest BCUT2D eigenvalue weighted by Gasteiger charge is 2.56. The molecule has 1 fully saturated rings. The summed E-state index contributed by atoms with van der Waals surface area (Å²) in [5.74, 6) is -10.8. The highest BCUT2D eigenvalue weighted by Crippen LogP contribution is 2.35. The molecular weight excluding hydrogens is 1350 g/mol. The molecule has 0 amide bonds. The second-order valence-electron chi connectivity index (χ2n) is 23.1. The minimum Gasteiger partial charge on any atom is -0.462 e. The van der Waals surface area contributed by atoms with Crippen LogP contribution in [0.1, 0.15) is 110 Å². The molecule has 26 nitrogen and oxygen atoms in total. The van der Waals surface area contributed by atoms with Crippen LogP contribution >= 0.6 is 0 Å². The second-order valence-corrected chi connectivity index (χ2v) is 23.1. The molecule has 8 aromatic rings. The van der Waals surface area contributed by atoms with E-state index in [0.717, 1.165) is 13.8 Å². The molecule has 0 radical (unpaired) electrons. The molecule has 0 aliphatic carbocycles. The summed E-state index contributed by atoms with van der Waals surface area (Å²) in [4.78, 5) is 140. The molecule has 0 spiro atoms. The van der Waals surface area contributed by atoms with Crippen molar-refractivity contribution in [1.82, 2.24) is 0 Å². The Bertz CT molecular complexity index is 4120. The highest BCUT2D eigenvalue weighted by atomic mass is 16.8. The Hall–Kier alpha value is -11.8. The fraction of sp³-hybridized carbons (Fsp3) is 0.256. The zero-order chi connectivity index (χ0) is 73.9. The number of carbonyl (C=O) groups excluding carboxylic acids is 10. The van der Waals surface area contributed by atoms with E-state index in [-0.39, 0.29) is 44.5 Å². The topological polar surface area (TPSA) is 351 Å². The van der Waals surface area contributed by atoms with Gasteiger partial charge in [-0.05, 0) is 97.1 Å². The summed E-state index contributed by atoms with van der Waals surface area (Å²) in [5.41, 5.74) is -0.323. The van der Waals surface area contributed by atoms with E-state index in [1.807, 2.05) is 0 Å². The molecule has 540 valence electrons. The van der Waals surface area contributed by atoms with Gasteiger partial charge < -0.3 is 76.9 Å². The average Bonchev–Trinajstić information content (AvgIpc) is 0.769. The number of hydrogen-bond donors (Lipinski definition) is 3. The van der Waals surface area contributed by atoms with E-state index >= 15 is 0 Å². The Morgan fingerprint density at radius 1 is 0.337 bits per heavy atom. The molecule has 0 aromatic heterocycles. The van der Waals surface area contributed by atoms with Gasteiger partial charge in [0, 0.05) is 26.7 Å². The summed E-state index contributed by atoms with van der Waals surface area (Å²) in [6.45, 7) is -0.584. The number of rotatable bonds is 33. The number of aliphatic hydroxyl groups is 3. The maximum Gasteiger partial charge on any atom is 0.338 e. The molecule has 12 atom stereocenters. The number of esters is 10. The van der Waals surface area contributed by atoms with Gasteiger partial charge in [0.25, 0.3) is 0 Å². The molecule has 1 saturated heterocycles. The third-order valence-corrected chi connectivity index (χ3v) is 15.7. The first-order valence-corrected chi connectivity index (χ1v) is 32.6. The van der Waals surface area contributed by atoms with E-state index in [4.69, 9.17) is 61.6 Å². The lowest BCUT2D eigenvalue weighted by Gasteiger charge is -2.46. The standard InChI is InChI=1S/C78H72O26/c1-48(79)95-58(43-46-93-77(91)66(102-75(89)56-39-23-9-24-40-56)62(99-72(86)53-33-17-6-18-34-53)59(97-71(85)52-31-15-5-16-32-52)44-45-92-69(83)50-27-11-3-12-28-50)61(65(68(81)82)96-49(2)80)104-78-67(103-76(90)57-41-25-10-26-42-57)64(101-74(88)55-37-21-8-22-38-55)63(100-73(87)54-35-19-7-20-36-54)60(98-78)47-94-70(84)51-29-13-4-14-30-51/h3-42,58-68,77-78,81-82,91H,43-47H2,1-2H3. The van der Waals surface area contributed by atoms with Crippen molar-refractivity contribution in [2.75, 3.05) is 19.8 Å². The summed E-state index contributed by atoms with van der Waals surface area (Å²) in [6.07, 6.45) is -29.9. The van der Waals surface area contributed by atoms with E-state index in [9.17, 15) is 63.3 Å². The second kappa shape index (κ2) is 38.3. The van der Waals surface area contributed by atoms with Crippen LogP contribution in [0.5, 0.6) is 0 Å². The zero-order valence-electron chi connectivity index (χ0n) is 55.9. The SMILES string of the molecule is CC(=O)OC(CCOC(O)C(OC(=O)c1ccccc1)C(OC(=O)c1ccccc1)C(CCOC(=O)c1ccccc1)OC(=O)c1ccccc1)C(OC1OC(COC(=O)c2ccccc2)C(OC(=O)c2ccccc2)C(OC(=O)c2ccccc2)C1OC(=O)c1ccccc1)C(OC(C)=O)C(O)O. The third-order valence-electron chi connectivity index (χ3n) is 15.7. The van der Waals surface area contributed by atoms with Crippen molar-refractivity contribution in [3.05, 3.63) is 287 Å². The number of carbonyl (C=O) groups is 10. The quantitative estimate of drug-likeness (QED) is 0.0197. The normalized spacial score (nSPS) is 17.4. The summed E-state index contributed by atoms with van der Waals surface area (Å²) in [6, 6.07) is 59.5. The van der Waals surface area contributed by atoms with Crippen LogP contribution in [0.15, 0.2) is 243 Å². The third kappa shape index (κ3) is 21.9. The van der Waals surface area contributed by atoms with Gasteiger partial charge in [-0.25, -0.2) is 38.4 Å². The van der Waals surface area contributed by atoms with E-state index in [0.29, 0.717) is 0 Å². The first-order chi connectivity index (χ1) is 50.3. The van der Waals surface area contributed by atoms with Gasteiger partial charge >= 0.3 is 59.7 Å². The van der Waals surface area contributed by atoms with Crippen molar-refractivity contribution in [2.24, 2.45) is 0 Å². The summed E-state index contributed by atoms with van der Waals surface area (Å²) in [5, 5.41) is 35.2. The minimum atomic E-state index is -2.79. The Balaban J connectivity index is 1.13. The van der Waals surface area contributed by atoms with Crippen LogP contribution in [-0.2, 0) is 71.2 Å². The van der Waals surface area contributed by atoms with Crippen LogP contribution < -0.4 is 0 Å². The number of benzene rings is 8. The molecule has 9 rings (SSSR count). The van der Waals surface area contributed by atoms with E-state index in [1.165, 1.54) is 170 Å². The molecule has 12 unspecified atom stereocenters. The smallest absolute Gasteiger partial charge is 0.338 e. The lowest BCUT2D eigenvalue weighted by molar-refractivity contribution is -0.329. The summed E-state index contributed by atoms with van der Waals surface area (Å²) >= 11 is 0. The fourth-order valence-corrected chi connectivity index (χ4v) is 10.7. The molecular formula is C78H72O26. The van der Waals surface area contributed by atoms with Gasteiger partial charge in [0.2, 0.25) is 0 Å². The zero-order valence-corrected chi connectivity index (χ0v) is 55.9. The lowest BCUT2D eigenvalue weighted by atomic mass is 9.97. The van der Waals surface area contributed by atoms with Gasteiger partial charge in [0.05, 0.1) is 57.7 Å². The Morgan fingerprint density at radius 2 is 0.663 bits per heavy atom. The number of hydrogen-bond acceptors (Lipinski definition) is 26. The van der Waals surface area contributed by atoms with Crippen LogP contribution in [0.25, 0.3) is 0 Å². The Labute approximate surface area is 595 Å². The first kappa shape index (κ1) is 76.4. The maximum absolute atomic E-state index is 14.6. The van der Waals surface area contributed by atoms with Crippen LogP contribution in [0.2, 0.25) is 0 Å². The van der Waals surface area contributed by atoms with E-state index < -0.39 is 172 Å². The largest absolute Gasteiger partial charge is 0.462 e. The van der Waals surface area contributed by atoms with Crippen LogP contribution in [0.4, 0.5) is 0 Å². The van der Waals surface area contributed by atoms with Gasteiger partial charge in [-0.3, -0.25) is 9.59 Å². The van der Waals surface area contributed by atoms with Crippen molar-refractivity contribution >= 4 is 59.7 Å². The molecule has 1 aliphatic heterocycles. The predicted molar refractivity (Wildman–Crippen MR) is 361 cm³/mol. The molecule has 1 aliphatic rings. The van der Waals surface area contributed by atoms with Crippen molar-refractivity contribution in [1.29, 1.82) is 0 Å². The summed E-state index contributed by atoms with van der Waals surface area (Å²) < 4.78 is 78.8. The maximum atomic E-state index is 14.6. The lowest BCUT2D eigenvalue weighted by Crippen LogP contribution is -2.65. The van der Waals surface area contributed by atoms with Gasteiger partial charge in [-0.15, -0.1) is 0 Å². The van der Waals surface area contributed by atoms with E-state index in [1.54, 1.807) is 72.8 Å². The average molecular weight is 1430 g/mol. The van der Waals surface area contributed by atoms with Crippen LogP contribution in [0.3, 0.4) is 0 Å². The summed E-state index contributed by atoms with van der Waals surface area (Å²) in [7, 11) is 0. The molecule has 0 bridgehead atoms. The minimum absolute atomic E-state index is 0.0220. The first-order valence-electron chi connectivity index (χ1n) is 32.6. The highest BCUT2D eigenvalue weighted by molar-refractivity contribution is 5.93. The molecule has 3 N–H and O–H groups in total. The predicted octanol–water partition coefficient (Wildman–Crippen LogP) is 8.45. The van der Waals surface area contributed by atoms with E-state index in [2.05, 4.69) is 0 Å². The molecule has 104 heavy (non-hydrogen) atoms. The molecule has 0 saturated carbocycles. The van der Waals surface area contributed by atoms with Crippen molar-refractivity contribution in [3.63, 3.8) is 0 Å². The Kier molecular flexibility index (Phi) is 28.1.